The number of aromatic nitrogens is 2. The summed E-state index contributed by atoms with van der Waals surface area (Å²) in [5.41, 5.74) is 3.25. The number of para-hydroxylation sites is 1. The number of methoxy groups -OCH3 is 1. The van der Waals surface area contributed by atoms with Crippen LogP contribution in [0.1, 0.15) is 46.5 Å². The van der Waals surface area contributed by atoms with Crippen molar-refractivity contribution in [3.05, 3.63) is 64.1 Å². The Balaban J connectivity index is 1.36. The topological polar surface area (TPSA) is 109 Å². The third-order valence-corrected chi connectivity index (χ3v) is 7.31. The summed E-state index contributed by atoms with van der Waals surface area (Å²) in [6.07, 6.45) is 4.00. The van der Waals surface area contributed by atoms with Gasteiger partial charge in [-0.25, -0.2) is 9.78 Å². The summed E-state index contributed by atoms with van der Waals surface area (Å²) in [4.78, 5) is 32.1. The first-order valence-corrected chi connectivity index (χ1v) is 12.6. The highest BCUT2D eigenvalue weighted by atomic mass is 32.1. The third kappa shape index (κ3) is 5.69. The van der Waals surface area contributed by atoms with E-state index in [2.05, 4.69) is 16.4 Å². The fourth-order valence-electron chi connectivity index (χ4n) is 4.33. The van der Waals surface area contributed by atoms with Gasteiger partial charge in [-0.3, -0.25) is 4.79 Å². The number of thiophene rings is 1. The van der Waals surface area contributed by atoms with Crippen LogP contribution in [0, 0.1) is 18.3 Å². The number of nitrogens with zero attached hydrogens (tertiary/aromatic N) is 4. The summed E-state index contributed by atoms with van der Waals surface area (Å²) in [7, 11) is 1.61. The zero-order chi connectivity index (χ0) is 25.7. The molecule has 3 aromatic rings. The van der Waals surface area contributed by atoms with Crippen molar-refractivity contribution >= 4 is 28.3 Å². The van der Waals surface area contributed by atoms with Crippen LogP contribution in [0.2, 0.25) is 0 Å². The number of amides is 2. The van der Waals surface area contributed by atoms with E-state index in [0.29, 0.717) is 36.6 Å². The molecule has 0 radical (unpaired) electrons. The fourth-order valence-corrected chi connectivity index (χ4v) is 5.56. The molecule has 0 bridgehead atoms. The van der Waals surface area contributed by atoms with Gasteiger partial charge in [0.25, 0.3) is 0 Å². The second-order valence-electron chi connectivity index (χ2n) is 8.75. The number of imidazole rings is 1. The van der Waals surface area contributed by atoms with Crippen molar-refractivity contribution in [1.29, 1.82) is 5.26 Å². The molecular formula is C26H29N5O4S. The van der Waals surface area contributed by atoms with Crippen LogP contribution in [0.3, 0.4) is 0 Å². The quantitative estimate of drug-likeness (QED) is 0.482. The van der Waals surface area contributed by atoms with Crippen molar-refractivity contribution in [2.24, 2.45) is 0 Å². The predicted molar refractivity (Wildman–Crippen MR) is 136 cm³/mol. The minimum Gasteiger partial charge on any atom is -0.496 e. The molecule has 36 heavy (non-hydrogen) atoms. The van der Waals surface area contributed by atoms with Crippen molar-refractivity contribution < 1.29 is 19.1 Å². The maximum atomic E-state index is 12.8. The molecular weight excluding hydrogens is 478 g/mol. The number of nitrogens with one attached hydrogen (secondary N) is 1. The van der Waals surface area contributed by atoms with E-state index in [9.17, 15) is 14.9 Å². The molecule has 0 saturated heterocycles. The number of nitriles is 1. The Hall–Kier alpha value is -3.84. The summed E-state index contributed by atoms with van der Waals surface area (Å²) in [6, 6.07) is 9.88. The van der Waals surface area contributed by atoms with Crippen LogP contribution < -0.4 is 10.1 Å². The standard InChI is InChI=1S/C26H29N5O4S/c1-17(19-6-4-5-7-22(19)34-3)12-24(32)29-25-21(13-27)20-8-9-31(15-23(20)36-25)26(33)35-11-10-30-14-18(2)28-16-30/h4-7,14,16-17H,8-12,15H2,1-3H3,(H,29,32). The van der Waals surface area contributed by atoms with Crippen LogP contribution >= 0.6 is 11.3 Å². The Morgan fingerprint density at radius 3 is 2.86 bits per heavy atom. The molecule has 9 nitrogen and oxygen atoms in total. The number of benzene rings is 1. The minimum absolute atomic E-state index is 0.0576. The van der Waals surface area contributed by atoms with Crippen LogP contribution in [-0.2, 0) is 29.0 Å². The maximum absolute atomic E-state index is 12.8. The van der Waals surface area contributed by atoms with Crippen LogP contribution in [0.25, 0.3) is 0 Å². The molecule has 1 aromatic carbocycles. The highest BCUT2D eigenvalue weighted by molar-refractivity contribution is 7.16. The first-order chi connectivity index (χ1) is 17.4. The number of hydrogen-bond donors (Lipinski definition) is 1. The molecule has 1 aliphatic heterocycles. The van der Waals surface area contributed by atoms with E-state index in [1.54, 1.807) is 18.3 Å². The number of carbonyl (C=O) groups is 2. The third-order valence-electron chi connectivity index (χ3n) is 6.18. The monoisotopic (exact) mass is 507 g/mol. The lowest BCUT2D eigenvalue weighted by atomic mass is 9.96. The molecule has 1 N–H and O–H groups in total. The minimum atomic E-state index is -0.388. The number of fused-ring (bicyclic) bond motifs is 1. The van der Waals surface area contributed by atoms with Crippen molar-refractivity contribution in [2.45, 2.75) is 45.7 Å². The van der Waals surface area contributed by atoms with Gasteiger partial charge in [-0.1, -0.05) is 25.1 Å². The number of anilines is 1. The number of ether oxygens (including phenoxy) is 2. The molecule has 1 unspecified atom stereocenters. The van der Waals surface area contributed by atoms with Crippen LogP contribution in [0.5, 0.6) is 5.75 Å². The van der Waals surface area contributed by atoms with E-state index >= 15 is 0 Å². The summed E-state index contributed by atoms with van der Waals surface area (Å²) in [5.74, 6) is 0.515. The van der Waals surface area contributed by atoms with E-state index in [0.717, 1.165) is 27.4 Å². The average molecular weight is 508 g/mol. The SMILES string of the molecule is COc1ccccc1C(C)CC(=O)Nc1sc2c(c1C#N)CCN(C(=O)OCCn1cnc(C)c1)C2. The number of carbonyl (C=O) groups excluding carboxylic acids is 2. The lowest BCUT2D eigenvalue weighted by Crippen LogP contribution is -2.36. The number of rotatable bonds is 8. The van der Waals surface area contributed by atoms with E-state index in [4.69, 9.17) is 9.47 Å². The van der Waals surface area contributed by atoms with E-state index in [1.165, 1.54) is 11.3 Å². The largest absolute Gasteiger partial charge is 0.496 e. The summed E-state index contributed by atoms with van der Waals surface area (Å²) in [5, 5.41) is 13.2. The summed E-state index contributed by atoms with van der Waals surface area (Å²) in [6.45, 7) is 5.47. The lowest BCUT2D eigenvalue weighted by Gasteiger charge is -2.26. The van der Waals surface area contributed by atoms with Crippen LogP contribution in [0.15, 0.2) is 36.8 Å². The lowest BCUT2D eigenvalue weighted by molar-refractivity contribution is -0.116. The molecule has 2 aromatic heterocycles. The molecule has 10 heteroatoms. The Kier molecular flexibility index (Phi) is 7.90. The van der Waals surface area contributed by atoms with E-state index < -0.39 is 0 Å². The van der Waals surface area contributed by atoms with E-state index in [-0.39, 0.29) is 30.9 Å². The molecule has 0 saturated carbocycles. The molecule has 0 aliphatic carbocycles. The second kappa shape index (κ2) is 11.3. The first kappa shape index (κ1) is 25.3. The van der Waals surface area contributed by atoms with Gasteiger partial charge in [-0.15, -0.1) is 11.3 Å². The molecule has 4 rings (SSSR count). The van der Waals surface area contributed by atoms with Crippen LogP contribution in [-0.4, -0.2) is 46.7 Å². The summed E-state index contributed by atoms with van der Waals surface area (Å²) < 4.78 is 12.7. The molecule has 2 amide bonds. The second-order valence-corrected chi connectivity index (χ2v) is 9.86. The van der Waals surface area contributed by atoms with Gasteiger partial charge >= 0.3 is 6.09 Å². The first-order valence-electron chi connectivity index (χ1n) is 11.8. The molecule has 1 atom stereocenters. The molecule has 0 spiro atoms. The number of hydrogen-bond acceptors (Lipinski definition) is 7. The Morgan fingerprint density at radius 1 is 1.33 bits per heavy atom. The highest BCUT2D eigenvalue weighted by Crippen LogP contribution is 2.37. The summed E-state index contributed by atoms with van der Waals surface area (Å²) >= 11 is 1.35. The van der Waals surface area contributed by atoms with Crippen molar-refractivity contribution in [1.82, 2.24) is 14.5 Å². The van der Waals surface area contributed by atoms with Gasteiger partial charge in [-0.05, 0) is 36.5 Å². The Labute approximate surface area is 214 Å². The van der Waals surface area contributed by atoms with Gasteiger partial charge in [0.05, 0.1) is 37.8 Å². The maximum Gasteiger partial charge on any atom is 0.410 e. The smallest absolute Gasteiger partial charge is 0.410 e. The average Bonchev–Trinajstić information content (AvgIpc) is 3.45. The zero-order valence-electron chi connectivity index (χ0n) is 20.6. The van der Waals surface area contributed by atoms with Crippen molar-refractivity contribution in [3.63, 3.8) is 0 Å². The van der Waals surface area contributed by atoms with Gasteiger partial charge in [0.1, 0.15) is 23.4 Å². The van der Waals surface area contributed by atoms with Crippen molar-refractivity contribution in [3.8, 4) is 11.8 Å². The van der Waals surface area contributed by atoms with E-state index in [1.807, 2.05) is 48.9 Å². The molecule has 0 fully saturated rings. The Morgan fingerprint density at radius 2 is 2.14 bits per heavy atom. The van der Waals surface area contributed by atoms with Crippen LogP contribution in [0.4, 0.5) is 9.80 Å². The van der Waals surface area contributed by atoms with Crippen molar-refractivity contribution in [2.75, 3.05) is 25.6 Å². The van der Waals surface area contributed by atoms with Gasteiger partial charge in [-0.2, -0.15) is 5.26 Å². The van der Waals surface area contributed by atoms with Gasteiger partial charge in [0, 0.05) is 24.0 Å². The molecule has 3 heterocycles. The van der Waals surface area contributed by atoms with Gasteiger partial charge in [0.15, 0.2) is 0 Å². The zero-order valence-corrected chi connectivity index (χ0v) is 21.4. The Bertz CT molecular complexity index is 1290. The highest BCUT2D eigenvalue weighted by Gasteiger charge is 2.28. The predicted octanol–water partition coefficient (Wildman–Crippen LogP) is 4.46. The molecule has 188 valence electrons. The molecule has 1 aliphatic rings. The van der Waals surface area contributed by atoms with Gasteiger partial charge in [0.2, 0.25) is 5.91 Å². The van der Waals surface area contributed by atoms with Gasteiger partial charge < -0.3 is 24.3 Å². The normalized spacial score (nSPS) is 13.4. The number of aryl methyl sites for hydroxylation is 1. The fraction of sp³-hybridized carbons (Fsp3) is 0.385.